The molecule has 0 spiro atoms. The van der Waals surface area contributed by atoms with Crippen LogP contribution in [0.1, 0.15) is 22.6 Å². The fourth-order valence-corrected chi connectivity index (χ4v) is 7.92. The van der Waals surface area contributed by atoms with E-state index >= 15 is 0 Å². The fraction of sp³-hybridized carbons (Fsp3) is 0.0714. The minimum absolute atomic E-state index is 0.577. The van der Waals surface area contributed by atoms with Gasteiger partial charge in [0.2, 0.25) is 0 Å². The van der Waals surface area contributed by atoms with Crippen LogP contribution in [0, 0.1) is 27.7 Å². The van der Waals surface area contributed by atoms with Crippen molar-refractivity contribution in [3.8, 4) is 102 Å². The summed E-state index contributed by atoms with van der Waals surface area (Å²) in [5.41, 5.74) is 14.4. The molecule has 8 nitrogen and oxygen atoms in total. The summed E-state index contributed by atoms with van der Waals surface area (Å²) in [6, 6.07) is 62.0. The second-order valence-corrected chi connectivity index (χ2v) is 15.9. The Morgan fingerprint density at radius 1 is 0.266 bits per heavy atom. The van der Waals surface area contributed by atoms with Gasteiger partial charge in [0, 0.05) is 44.6 Å². The van der Waals surface area contributed by atoms with Crippen LogP contribution in [-0.4, -0.2) is 39.9 Å². The van der Waals surface area contributed by atoms with Crippen molar-refractivity contribution in [3.05, 3.63) is 205 Å². The molecule has 0 bridgehead atoms. The third kappa shape index (κ3) is 8.32. The van der Waals surface area contributed by atoms with E-state index in [1.54, 1.807) is 0 Å². The molecule has 3 heterocycles. The fourth-order valence-electron chi connectivity index (χ4n) is 7.92. The first-order valence-electron chi connectivity index (χ1n) is 21.3. The quantitative estimate of drug-likeness (QED) is 0.142. The van der Waals surface area contributed by atoms with E-state index in [1.165, 1.54) is 11.1 Å². The van der Waals surface area contributed by atoms with E-state index in [1.807, 2.05) is 80.6 Å². The van der Waals surface area contributed by atoms with Crippen LogP contribution in [0.25, 0.3) is 102 Å². The Kier molecular flexibility index (Phi) is 10.7. The van der Waals surface area contributed by atoms with Crippen molar-refractivity contribution in [2.24, 2.45) is 0 Å². The van der Waals surface area contributed by atoms with Gasteiger partial charge < -0.3 is 0 Å². The molecule has 0 atom stereocenters. The number of nitrogens with zero attached hydrogens (tertiary/aromatic N) is 8. The minimum atomic E-state index is 0.577. The van der Waals surface area contributed by atoms with Crippen LogP contribution >= 0.6 is 0 Å². The highest BCUT2D eigenvalue weighted by atomic mass is 15.0. The zero-order valence-electron chi connectivity index (χ0n) is 35.9. The standard InChI is InChI=1S/C56H42N8/c1-35-24-28-41(29-25-35)53-60-54(42-30-26-36(2)27-31-42)64-55(63-53)45-20-11-18-43(33-45)47-22-13-23-48(49-32-37(3)57-38(4)58-49)50(47)44-19-12-21-46(34-44)56-61-51(39-14-7-5-8-15-39)59-52(62-56)40-16-9-6-10-17-40/h5-34H,1-4H3. The lowest BCUT2D eigenvalue weighted by atomic mass is 9.88. The van der Waals surface area contributed by atoms with Crippen LogP contribution in [-0.2, 0) is 0 Å². The average Bonchev–Trinajstić information content (AvgIpc) is 3.34. The first-order chi connectivity index (χ1) is 31.3. The molecule has 0 radical (unpaired) electrons. The summed E-state index contributed by atoms with van der Waals surface area (Å²) in [6.45, 7) is 8.10. The molecule has 0 aliphatic carbocycles. The highest BCUT2D eigenvalue weighted by molar-refractivity contribution is 5.95. The summed E-state index contributed by atoms with van der Waals surface area (Å²) in [6.07, 6.45) is 0. The lowest BCUT2D eigenvalue weighted by Gasteiger charge is -2.18. The number of hydrogen-bond acceptors (Lipinski definition) is 8. The third-order valence-electron chi connectivity index (χ3n) is 11.1. The van der Waals surface area contributed by atoms with Gasteiger partial charge in [-0.25, -0.2) is 39.9 Å². The van der Waals surface area contributed by atoms with E-state index in [2.05, 4.69) is 134 Å². The maximum atomic E-state index is 5.09. The van der Waals surface area contributed by atoms with Crippen molar-refractivity contribution in [1.29, 1.82) is 0 Å². The maximum Gasteiger partial charge on any atom is 0.164 e. The first-order valence-corrected chi connectivity index (χ1v) is 21.3. The number of hydrogen-bond donors (Lipinski definition) is 0. The van der Waals surface area contributed by atoms with Crippen molar-refractivity contribution in [3.63, 3.8) is 0 Å². The number of rotatable bonds is 9. The molecule has 0 fully saturated rings. The van der Waals surface area contributed by atoms with Crippen molar-refractivity contribution in [2.75, 3.05) is 0 Å². The molecule has 0 saturated carbocycles. The predicted molar refractivity (Wildman–Crippen MR) is 257 cm³/mol. The smallest absolute Gasteiger partial charge is 0.164 e. The van der Waals surface area contributed by atoms with Gasteiger partial charge in [0.05, 0.1) is 5.69 Å². The Balaban J connectivity index is 1.15. The maximum absolute atomic E-state index is 5.09. The van der Waals surface area contributed by atoms with Gasteiger partial charge in [0.1, 0.15) is 5.82 Å². The van der Waals surface area contributed by atoms with Gasteiger partial charge in [-0.1, -0.05) is 175 Å². The van der Waals surface area contributed by atoms with E-state index in [0.29, 0.717) is 40.8 Å². The molecule has 10 aromatic rings. The van der Waals surface area contributed by atoms with Crippen LogP contribution < -0.4 is 0 Å². The molecule has 8 heteroatoms. The van der Waals surface area contributed by atoms with E-state index in [0.717, 1.165) is 72.6 Å². The molecule has 64 heavy (non-hydrogen) atoms. The second-order valence-electron chi connectivity index (χ2n) is 15.9. The average molecular weight is 827 g/mol. The lowest BCUT2D eigenvalue weighted by Crippen LogP contribution is -2.01. The van der Waals surface area contributed by atoms with Crippen molar-refractivity contribution in [1.82, 2.24) is 39.9 Å². The Morgan fingerprint density at radius 2 is 0.641 bits per heavy atom. The van der Waals surface area contributed by atoms with Crippen LogP contribution in [0.15, 0.2) is 182 Å². The van der Waals surface area contributed by atoms with E-state index in [4.69, 9.17) is 34.9 Å². The number of aryl methyl sites for hydroxylation is 4. The molecule has 0 unspecified atom stereocenters. The summed E-state index contributed by atoms with van der Waals surface area (Å²) in [4.78, 5) is 39.8. The summed E-state index contributed by atoms with van der Waals surface area (Å²) in [5.74, 6) is 4.31. The van der Waals surface area contributed by atoms with Gasteiger partial charge >= 0.3 is 0 Å². The normalized spacial score (nSPS) is 11.1. The molecule has 3 aromatic heterocycles. The third-order valence-corrected chi connectivity index (χ3v) is 11.1. The van der Waals surface area contributed by atoms with Crippen LogP contribution in [0.5, 0.6) is 0 Å². The van der Waals surface area contributed by atoms with Gasteiger partial charge in [-0.2, -0.15) is 0 Å². The first kappa shape index (κ1) is 39.8. The summed E-state index contributed by atoms with van der Waals surface area (Å²) >= 11 is 0. The largest absolute Gasteiger partial charge is 0.239 e. The molecule has 0 aliphatic rings. The summed E-state index contributed by atoms with van der Waals surface area (Å²) in [7, 11) is 0. The Bertz CT molecular complexity index is 3150. The zero-order chi connectivity index (χ0) is 43.6. The molecule has 7 aromatic carbocycles. The SMILES string of the molecule is Cc1ccc(-c2nc(-c3ccc(C)cc3)nc(-c3cccc(-c4cccc(-c5cc(C)nc(C)n5)c4-c4cccc(-c5nc(-c6ccccc6)nc(-c6ccccc6)n5)c4)c3)n2)cc1. The van der Waals surface area contributed by atoms with Crippen molar-refractivity contribution < 1.29 is 0 Å². The van der Waals surface area contributed by atoms with Gasteiger partial charge in [0.15, 0.2) is 34.9 Å². The summed E-state index contributed by atoms with van der Waals surface area (Å²) in [5, 5.41) is 0. The van der Waals surface area contributed by atoms with Crippen LogP contribution in [0.4, 0.5) is 0 Å². The minimum Gasteiger partial charge on any atom is -0.239 e. The molecule has 0 N–H and O–H groups in total. The Morgan fingerprint density at radius 3 is 1.12 bits per heavy atom. The molecule has 0 aliphatic heterocycles. The zero-order valence-corrected chi connectivity index (χ0v) is 35.9. The number of benzene rings is 7. The Hall–Kier alpha value is -8.36. The van der Waals surface area contributed by atoms with E-state index < -0.39 is 0 Å². The highest BCUT2D eigenvalue weighted by Crippen LogP contribution is 2.42. The molecule has 306 valence electrons. The van der Waals surface area contributed by atoms with Crippen LogP contribution in [0.3, 0.4) is 0 Å². The predicted octanol–water partition coefficient (Wildman–Crippen LogP) is 13.1. The summed E-state index contributed by atoms with van der Waals surface area (Å²) < 4.78 is 0. The molecule has 0 saturated heterocycles. The molecular formula is C56H42N8. The van der Waals surface area contributed by atoms with Crippen LogP contribution in [0.2, 0.25) is 0 Å². The molecular weight excluding hydrogens is 785 g/mol. The van der Waals surface area contributed by atoms with Gasteiger partial charge in [-0.3, -0.25) is 0 Å². The van der Waals surface area contributed by atoms with E-state index in [-0.39, 0.29) is 0 Å². The van der Waals surface area contributed by atoms with Crippen molar-refractivity contribution in [2.45, 2.75) is 27.7 Å². The second kappa shape index (κ2) is 17.2. The molecule has 10 rings (SSSR count). The lowest BCUT2D eigenvalue weighted by molar-refractivity contribution is 1.02. The van der Waals surface area contributed by atoms with Gasteiger partial charge in [0.25, 0.3) is 0 Å². The molecule has 0 amide bonds. The highest BCUT2D eigenvalue weighted by Gasteiger charge is 2.20. The van der Waals surface area contributed by atoms with Gasteiger partial charge in [-0.15, -0.1) is 0 Å². The topological polar surface area (TPSA) is 103 Å². The van der Waals surface area contributed by atoms with Gasteiger partial charge in [-0.05, 0) is 68.1 Å². The number of aromatic nitrogens is 8. The monoisotopic (exact) mass is 826 g/mol. The van der Waals surface area contributed by atoms with E-state index in [9.17, 15) is 0 Å². The Labute approximate surface area is 372 Å². The van der Waals surface area contributed by atoms with Crippen molar-refractivity contribution >= 4 is 0 Å².